The molecule has 2 rings (SSSR count). The third kappa shape index (κ3) is 6.22. The zero-order chi connectivity index (χ0) is 18.7. The first kappa shape index (κ1) is 23.9. The molecule has 2 aliphatic rings. The fourth-order valence-electron chi connectivity index (χ4n) is 3.89. The number of hydrogen-bond acceptors (Lipinski definition) is 4. The van der Waals surface area contributed by atoms with E-state index in [2.05, 4.69) is 34.0 Å². The molecule has 6 nitrogen and oxygen atoms in total. The number of nitrogens with zero attached hydrogens (tertiary/aromatic N) is 3. The van der Waals surface area contributed by atoms with E-state index >= 15 is 0 Å². The Morgan fingerprint density at radius 2 is 2.00 bits per heavy atom. The Morgan fingerprint density at radius 3 is 2.58 bits per heavy atom. The molecule has 0 aliphatic carbocycles. The SMILES string of the molecule is CN=C(NCC1CCCN(CC(C)C)C1)N1CCS(=O)(=O)C(C)(C)C1.I. The topological polar surface area (TPSA) is 65.0 Å². The maximum Gasteiger partial charge on any atom is 0.193 e. The van der Waals surface area contributed by atoms with Gasteiger partial charge in [-0.15, -0.1) is 24.0 Å². The van der Waals surface area contributed by atoms with Crippen LogP contribution < -0.4 is 5.32 Å². The van der Waals surface area contributed by atoms with Crippen molar-refractivity contribution < 1.29 is 8.42 Å². The number of likely N-dealkylation sites (tertiary alicyclic amines) is 1. The van der Waals surface area contributed by atoms with Crippen LogP contribution in [0.2, 0.25) is 0 Å². The van der Waals surface area contributed by atoms with Crippen LogP contribution in [0.4, 0.5) is 0 Å². The van der Waals surface area contributed by atoms with Gasteiger partial charge in [-0.1, -0.05) is 13.8 Å². The third-order valence-electron chi connectivity index (χ3n) is 5.33. The van der Waals surface area contributed by atoms with Crippen molar-refractivity contribution in [3.05, 3.63) is 0 Å². The van der Waals surface area contributed by atoms with Crippen molar-refractivity contribution in [3.63, 3.8) is 0 Å². The predicted molar refractivity (Wildman–Crippen MR) is 120 cm³/mol. The minimum absolute atomic E-state index is 0. The lowest BCUT2D eigenvalue weighted by atomic mass is 9.97. The molecular formula is C18H37IN4O2S. The van der Waals surface area contributed by atoms with Gasteiger partial charge in [-0.05, 0) is 45.1 Å². The van der Waals surface area contributed by atoms with Crippen LogP contribution in [0.1, 0.15) is 40.5 Å². The van der Waals surface area contributed by atoms with E-state index in [4.69, 9.17) is 0 Å². The fraction of sp³-hybridized carbons (Fsp3) is 0.944. The van der Waals surface area contributed by atoms with E-state index in [-0.39, 0.29) is 29.7 Å². The molecular weight excluding hydrogens is 463 g/mol. The van der Waals surface area contributed by atoms with Crippen LogP contribution in [0.15, 0.2) is 4.99 Å². The monoisotopic (exact) mass is 500 g/mol. The summed E-state index contributed by atoms with van der Waals surface area (Å²) in [6, 6.07) is 0. The quantitative estimate of drug-likeness (QED) is 0.364. The molecule has 1 unspecified atom stereocenters. The smallest absolute Gasteiger partial charge is 0.193 e. The highest BCUT2D eigenvalue weighted by Crippen LogP contribution is 2.24. The van der Waals surface area contributed by atoms with Crippen LogP contribution in [0.3, 0.4) is 0 Å². The van der Waals surface area contributed by atoms with Crippen LogP contribution in [0, 0.1) is 11.8 Å². The van der Waals surface area contributed by atoms with E-state index in [1.165, 1.54) is 25.9 Å². The largest absolute Gasteiger partial charge is 0.356 e. The number of sulfone groups is 1. The summed E-state index contributed by atoms with van der Waals surface area (Å²) in [7, 11) is -1.24. The van der Waals surface area contributed by atoms with Gasteiger partial charge in [-0.25, -0.2) is 8.42 Å². The summed E-state index contributed by atoms with van der Waals surface area (Å²) in [5.41, 5.74) is 0. The van der Waals surface area contributed by atoms with E-state index < -0.39 is 14.6 Å². The predicted octanol–water partition coefficient (Wildman–Crippen LogP) is 2.06. The highest BCUT2D eigenvalue weighted by molar-refractivity contribution is 14.0. The van der Waals surface area contributed by atoms with Gasteiger partial charge in [-0.2, -0.15) is 0 Å². The fourth-order valence-corrected chi connectivity index (χ4v) is 5.26. The minimum Gasteiger partial charge on any atom is -0.356 e. The molecule has 0 aromatic rings. The molecule has 154 valence electrons. The van der Waals surface area contributed by atoms with Crippen molar-refractivity contribution >= 4 is 39.8 Å². The van der Waals surface area contributed by atoms with Gasteiger partial charge in [0.2, 0.25) is 0 Å². The van der Waals surface area contributed by atoms with Crippen LogP contribution in [-0.4, -0.2) is 81.0 Å². The number of hydrogen-bond donors (Lipinski definition) is 1. The molecule has 0 radical (unpaired) electrons. The molecule has 0 aromatic carbocycles. The maximum atomic E-state index is 12.2. The van der Waals surface area contributed by atoms with E-state index in [1.54, 1.807) is 7.05 Å². The lowest BCUT2D eigenvalue weighted by Crippen LogP contribution is -2.57. The molecule has 1 N–H and O–H groups in total. The number of aliphatic imine (C=N–C) groups is 1. The first-order valence-corrected chi connectivity index (χ1v) is 11.2. The zero-order valence-electron chi connectivity index (χ0n) is 17.0. The van der Waals surface area contributed by atoms with E-state index in [0.717, 1.165) is 19.0 Å². The summed E-state index contributed by atoms with van der Waals surface area (Å²) in [5, 5.41) is 3.50. The minimum atomic E-state index is -3.02. The van der Waals surface area contributed by atoms with Crippen molar-refractivity contribution in [2.45, 2.75) is 45.3 Å². The standard InChI is InChI=1S/C18H36N4O2S.HI/c1-15(2)12-21-8-6-7-16(13-21)11-20-17(19-5)22-9-10-25(23,24)18(3,4)14-22;/h15-16H,6-14H2,1-5H3,(H,19,20);1H. The molecule has 8 heteroatoms. The first-order valence-electron chi connectivity index (χ1n) is 9.55. The lowest BCUT2D eigenvalue weighted by molar-refractivity contribution is 0.159. The average molecular weight is 500 g/mol. The van der Waals surface area contributed by atoms with Gasteiger partial charge in [0, 0.05) is 39.8 Å². The maximum absolute atomic E-state index is 12.2. The van der Waals surface area contributed by atoms with Crippen molar-refractivity contribution in [3.8, 4) is 0 Å². The van der Waals surface area contributed by atoms with Crippen LogP contribution in [-0.2, 0) is 9.84 Å². The molecule has 0 amide bonds. The number of rotatable bonds is 4. The Morgan fingerprint density at radius 1 is 1.31 bits per heavy atom. The van der Waals surface area contributed by atoms with Crippen molar-refractivity contribution in [1.82, 2.24) is 15.1 Å². The van der Waals surface area contributed by atoms with Crippen molar-refractivity contribution in [1.29, 1.82) is 0 Å². The normalized spacial score (nSPS) is 26.5. The van der Waals surface area contributed by atoms with E-state index in [9.17, 15) is 8.42 Å². The summed E-state index contributed by atoms with van der Waals surface area (Å²) in [5.74, 6) is 2.37. The van der Waals surface area contributed by atoms with Gasteiger partial charge in [0.1, 0.15) is 0 Å². The van der Waals surface area contributed by atoms with Crippen LogP contribution in [0.25, 0.3) is 0 Å². The second-order valence-corrected chi connectivity index (χ2v) is 11.3. The van der Waals surface area contributed by atoms with Gasteiger partial charge in [-0.3, -0.25) is 4.99 Å². The summed E-state index contributed by atoms with van der Waals surface area (Å²) in [6.45, 7) is 13.6. The Balaban J connectivity index is 0.00000338. The average Bonchev–Trinajstić information content (AvgIpc) is 2.51. The van der Waals surface area contributed by atoms with Gasteiger partial charge < -0.3 is 15.1 Å². The molecule has 0 saturated carbocycles. The van der Waals surface area contributed by atoms with Crippen molar-refractivity contribution in [2.24, 2.45) is 16.8 Å². The summed E-state index contributed by atoms with van der Waals surface area (Å²) in [6.07, 6.45) is 2.51. The Hall–Kier alpha value is -0.0900. The lowest BCUT2D eigenvalue weighted by Gasteiger charge is -2.40. The molecule has 2 fully saturated rings. The van der Waals surface area contributed by atoms with Crippen molar-refractivity contribution in [2.75, 3.05) is 52.1 Å². The van der Waals surface area contributed by atoms with Crippen LogP contribution in [0.5, 0.6) is 0 Å². The highest BCUT2D eigenvalue weighted by atomic mass is 127. The molecule has 2 aliphatic heterocycles. The molecule has 0 spiro atoms. The van der Waals surface area contributed by atoms with Gasteiger partial charge in [0.25, 0.3) is 0 Å². The summed E-state index contributed by atoms with van der Waals surface area (Å²) in [4.78, 5) is 9.06. The molecule has 2 heterocycles. The number of nitrogens with one attached hydrogen (secondary N) is 1. The second kappa shape index (κ2) is 9.91. The molecule has 2 saturated heterocycles. The number of halogens is 1. The van der Waals surface area contributed by atoms with Gasteiger partial charge in [0.05, 0.1) is 10.5 Å². The van der Waals surface area contributed by atoms with Crippen LogP contribution >= 0.6 is 24.0 Å². The molecule has 0 aromatic heterocycles. The first-order chi connectivity index (χ1) is 11.6. The summed E-state index contributed by atoms with van der Waals surface area (Å²) >= 11 is 0. The summed E-state index contributed by atoms with van der Waals surface area (Å²) < 4.78 is 23.7. The molecule has 0 bridgehead atoms. The molecule has 1 atom stereocenters. The Kier molecular flexibility index (Phi) is 9.13. The Bertz CT molecular complexity index is 578. The van der Waals surface area contributed by atoms with Gasteiger partial charge >= 0.3 is 0 Å². The number of piperidine rings is 1. The van der Waals surface area contributed by atoms with E-state index in [0.29, 0.717) is 24.9 Å². The molecule has 26 heavy (non-hydrogen) atoms. The highest BCUT2D eigenvalue weighted by Gasteiger charge is 2.41. The second-order valence-electron chi connectivity index (χ2n) is 8.59. The Labute approximate surface area is 177 Å². The zero-order valence-corrected chi connectivity index (χ0v) is 20.1. The number of guanidine groups is 1. The third-order valence-corrected chi connectivity index (χ3v) is 7.86. The van der Waals surface area contributed by atoms with Gasteiger partial charge in [0.15, 0.2) is 15.8 Å². The van der Waals surface area contributed by atoms with E-state index in [1.807, 2.05) is 13.8 Å².